The summed E-state index contributed by atoms with van der Waals surface area (Å²) in [5, 5.41) is 5.89. The quantitative estimate of drug-likeness (QED) is 0.940. The molecule has 0 bridgehead atoms. The van der Waals surface area contributed by atoms with Crippen molar-refractivity contribution in [2.75, 3.05) is 11.9 Å². The molecule has 7 heteroatoms. The Labute approximate surface area is 127 Å². The van der Waals surface area contributed by atoms with Gasteiger partial charge in [-0.2, -0.15) is 0 Å². The number of likely N-dealkylation sites (tertiary alicyclic amines) is 1. The zero-order valence-corrected chi connectivity index (χ0v) is 12.9. The molecule has 1 fully saturated rings. The summed E-state index contributed by atoms with van der Waals surface area (Å²) in [5.74, 6) is 1.60. The number of carbonyl (C=O) groups is 1. The van der Waals surface area contributed by atoms with Gasteiger partial charge in [-0.1, -0.05) is 6.92 Å². The van der Waals surface area contributed by atoms with E-state index in [2.05, 4.69) is 20.3 Å². The van der Waals surface area contributed by atoms with E-state index < -0.39 is 0 Å². The van der Waals surface area contributed by atoms with E-state index in [1.165, 1.54) is 11.3 Å². The number of carbonyl (C=O) groups excluding carboxylic acids is 1. The zero-order valence-electron chi connectivity index (χ0n) is 12.0. The fraction of sp³-hybridized carbons (Fsp3) is 0.429. The molecule has 3 rings (SSSR count). The molecule has 2 aromatic rings. The molecule has 1 saturated heterocycles. The number of rotatable bonds is 4. The van der Waals surface area contributed by atoms with Crippen molar-refractivity contribution in [1.29, 1.82) is 0 Å². The molecular weight excluding hydrogens is 286 g/mol. The molecule has 0 aliphatic carbocycles. The van der Waals surface area contributed by atoms with E-state index in [0.717, 1.165) is 29.6 Å². The molecule has 0 saturated carbocycles. The molecule has 1 aliphatic rings. The number of thiazole rings is 1. The normalized spacial score (nSPS) is 17.4. The average molecular weight is 303 g/mol. The molecule has 0 unspecified atom stereocenters. The molecule has 0 radical (unpaired) electrons. The molecule has 0 spiro atoms. The Balaban J connectivity index is 1.83. The molecule has 2 aromatic heterocycles. The molecule has 21 heavy (non-hydrogen) atoms. The summed E-state index contributed by atoms with van der Waals surface area (Å²) in [7, 11) is 0. The lowest BCUT2D eigenvalue weighted by Gasteiger charge is -2.40. The maximum atomic E-state index is 11.9. The van der Waals surface area contributed by atoms with Gasteiger partial charge in [-0.3, -0.25) is 4.79 Å². The molecule has 110 valence electrons. The number of nitrogens with one attached hydrogen (secondary N) is 1. The summed E-state index contributed by atoms with van der Waals surface area (Å²) in [4.78, 5) is 26.8. The summed E-state index contributed by atoms with van der Waals surface area (Å²) in [6, 6.07) is 1.99. The molecule has 1 N–H and O–H groups in total. The van der Waals surface area contributed by atoms with Crippen molar-refractivity contribution >= 4 is 28.2 Å². The highest BCUT2D eigenvalue weighted by atomic mass is 32.1. The van der Waals surface area contributed by atoms with Crippen LogP contribution >= 0.6 is 11.3 Å². The fourth-order valence-electron chi connectivity index (χ4n) is 2.42. The van der Waals surface area contributed by atoms with Crippen LogP contribution < -0.4 is 5.32 Å². The van der Waals surface area contributed by atoms with Crippen molar-refractivity contribution in [3.63, 3.8) is 0 Å². The average Bonchev–Trinajstić information content (AvgIpc) is 2.89. The molecule has 0 aromatic carbocycles. The lowest BCUT2D eigenvalue weighted by atomic mass is 9.98. The van der Waals surface area contributed by atoms with Crippen LogP contribution in [0.5, 0.6) is 0 Å². The van der Waals surface area contributed by atoms with Crippen LogP contribution in [-0.4, -0.2) is 32.3 Å². The Morgan fingerprint density at radius 2 is 2.38 bits per heavy atom. The summed E-state index contributed by atoms with van der Waals surface area (Å²) in [6.07, 6.45) is 3.24. The SMILES string of the molecule is CCC(=O)N1CC[C@@H]1c1cc(Nc2nccs2)nc(C)n1. The summed E-state index contributed by atoms with van der Waals surface area (Å²) in [6.45, 7) is 4.56. The van der Waals surface area contributed by atoms with E-state index in [4.69, 9.17) is 0 Å². The Hall–Kier alpha value is -2.02. The molecule has 3 heterocycles. The minimum Gasteiger partial charge on any atom is -0.334 e. The molecule has 6 nitrogen and oxygen atoms in total. The summed E-state index contributed by atoms with van der Waals surface area (Å²) < 4.78 is 0. The predicted octanol–water partition coefficient (Wildman–Crippen LogP) is 2.67. The van der Waals surface area contributed by atoms with Gasteiger partial charge in [0.2, 0.25) is 5.91 Å². The smallest absolute Gasteiger partial charge is 0.222 e. The van der Waals surface area contributed by atoms with Crippen molar-refractivity contribution in [2.24, 2.45) is 0 Å². The van der Waals surface area contributed by atoms with E-state index in [1.807, 2.05) is 30.2 Å². The number of aromatic nitrogens is 3. The first-order valence-electron chi connectivity index (χ1n) is 6.99. The van der Waals surface area contributed by atoms with Crippen molar-refractivity contribution in [3.8, 4) is 0 Å². The van der Waals surface area contributed by atoms with E-state index in [0.29, 0.717) is 12.2 Å². The number of anilines is 2. The minimum absolute atomic E-state index is 0.0796. The van der Waals surface area contributed by atoms with Crippen LogP contribution in [0.1, 0.15) is 37.3 Å². The third kappa shape index (κ3) is 2.87. The number of nitrogens with zero attached hydrogens (tertiary/aromatic N) is 4. The van der Waals surface area contributed by atoms with Crippen molar-refractivity contribution in [1.82, 2.24) is 19.9 Å². The van der Waals surface area contributed by atoms with E-state index in [1.54, 1.807) is 6.20 Å². The van der Waals surface area contributed by atoms with Crippen LogP contribution in [0, 0.1) is 6.92 Å². The number of amides is 1. The summed E-state index contributed by atoms with van der Waals surface area (Å²) in [5.41, 5.74) is 0.898. The van der Waals surface area contributed by atoms with Gasteiger partial charge in [0, 0.05) is 30.6 Å². The molecule has 1 aliphatic heterocycles. The molecule has 1 amide bonds. The van der Waals surface area contributed by atoms with Crippen LogP contribution in [0.2, 0.25) is 0 Å². The maximum Gasteiger partial charge on any atom is 0.222 e. The third-order valence-electron chi connectivity index (χ3n) is 3.51. The van der Waals surface area contributed by atoms with E-state index >= 15 is 0 Å². The van der Waals surface area contributed by atoms with Crippen LogP contribution in [0.25, 0.3) is 0 Å². The Morgan fingerprint density at radius 3 is 3.00 bits per heavy atom. The first-order valence-corrected chi connectivity index (χ1v) is 7.87. The van der Waals surface area contributed by atoms with Gasteiger partial charge in [-0.15, -0.1) is 11.3 Å². The van der Waals surface area contributed by atoms with Crippen LogP contribution in [0.15, 0.2) is 17.6 Å². The van der Waals surface area contributed by atoms with Crippen LogP contribution in [0.4, 0.5) is 10.9 Å². The van der Waals surface area contributed by atoms with Crippen LogP contribution in [0.3, 0.4) is 0 Å². The van der Waals surface area contributed by atoms with Gasteiger partial charge in [-0.25, -0.2) is 15.0 Å². The van der Waals surface area contributed by atoms with Gasteiger partial charge in [0.25, 0.3) is 0 Å². The van der Waals surface area contributed by atoms with Crippen LogP contribution in [-0.2, 0) is 4.79 Å². The fourth-order valence-corrected chi connectivity index (χ4v) is 2.95. The molecular formula is C14H17N5OS. The van der Waals surface area contributed by atoms with Gasteiger partial charge < -0.3 is 10.2 Å². The number of hydrogen-bond acceptors (Lipinski definition) is 6. The van der Waals surface area contributed by atoms with Gasteiger partial charge in [0.1, 0.15) is 11.6 Å². The lowest BCUT2D eigenvalue weighted by molar-refractivity contribution is -0.138. The second kappa shape index (κ2) is 5.77. The van der Waals surface area contributed by atoms with E-state index in [-0.39, 0.29) is 11.9 Å². The first-order chi connectivity index (χ1) is 10.2. The largest absolute Gasteiger partial charge is 0.334 e. The van der Waals surface area contributed by atoms with Gasteiger partial charge >= 0.3 is 0 Å². The van der Waals surface area contributed by atoms with Crippen molar-refractivity contribution < 1.29 is 4.79 Å². The lowest BCUT2D eigenvalue weighted by Crippen LogP contribution is -2.45. The standard InChI is InChI=1S/C14H17N5OS/c1-3-13(20)19-6-4-11(19)10-8-12(17-9(2)16-10)18-14-15-5-7-21-14/h5,7-8,11H,3-4,6H2,1-2H3,(H,15,16,17,18)/t11-/m1/s1. The first kappa shape index (κ1) is 13.9. The maximum absolute atomic E-state index is 11.9. The van der Waals surface area contributed by atoms with Gasteiger partial charge in [0.05, 0.1) is 11.7 Å². The Bertz CT molecular complexity index is 643. The highest BCUT2D eigenvalue weighted by molar-refractivity contribution is 7.13. The minimum atomic E-state index is 0.0796. The zero-order chi connectivity index (χ0) is 14.8. The summed E-state index contributed by atoms with van der Waals surface area (Å²) >= 11 is 1.52. The predicted molar refractivity (Wildman–Crippen MR) is 81.5 cm³/mol. The van der Waals surface area contributed by atoms with Crippen molar-refractivity contribution in [3.05, 3.63) is 29.2 Å². The monoisotopic (exact) mass is 303 g/mol. The highest BCUT2D eigenvalue weighted by Gasteiger charge is 2.33. The highest BCUT2D eigenvalue weighted by Crippen LogP contribution is 2.33. The van der Waals surface area contributed by atoms with E-state index in [9.17, 15) is 4.79 Å². The van der Waals surface area contributed by atoms with Gasteiger partial charge in [-0.05, 0) is 13.3 Å². The second-order valence-electron chi connectivity index (χ2n) is 4.93. The van der Waals surface area contributed by atoms with Gasteiger partial charge in [0.15, 0.2) is 5.13 Å². The topological polar surface area (TPSA) is 71.0 Å². The number of hydrogen-bond donors (Lipinski definition) is 1. The number of aryl methyl sites for hydroxylation is 1. The second-order valence-corrected chi connectivity index (χ2v) is 5.83. The third-order valence-corrected chi connectivity index (χ3v) is 4.20. The Morgan fingerprint density at radius 1 is 1.52 bits per heavy atom. The van der Waals surface area contributed by atoms with Crippen molar-refractivity contribution in [2.45, 2.75) is 32.7 Å². The Kier molecular flexibility index (Phi) is 3.83. The molecule has 1 atom stereocenters.